The second-order valence-electron chi connectivity index (χ2n) is 17.0. The zero-order valence-corrected chi connectivity index (χ0v) is 40.6. The molecule has 21 heteroatoms. The number of amides is 2. The number of ketones is 1. The number of aromatic amines is 1. The lowest BCUT2D eigenvalue weighted by atomic mass is 9.93. The lowest BCUT2D eigenvalue weighted by molar-refractivity contribution is -0.126. The van der Waals surface area contributed by atoms with Gasteiger partial charge in [0, 0.05) is 65.1 Å². The molecule has 5 heterocycles. The van der Waals surface area contributed by atoms with Crippen molar-refractivity contribution in [3.05, 3.63) is 71.6 Å². The van der Waals surface area contributed by atoms with Crippen LogP contribution in [0.1, 0.15) is 52.2 Å². The number of allylic oxidation sites excluding steroid dienone is 1. The molecule has 6 rings (SSSR count). The molecule has 0 aliphatic carbocycles. The Morgan fingerprint density at radius 2 is 1.52 bits per heavy atom. The lowest BCUT2D eigenvalue weighted by Crippen LogP contribution is -2.48. The largest absolute Gasteiger partial charge is 0.494 e. The Labute approximate surface area is 414 Å². The highest BCUT2D eigenvalue weighted by atomic mass is 16.6. The Hall–Kier alpha value is -6.11. The molecular formula is C50H67N11O10. The first-order valence-electron chi connectivity index (χ1n) is 24.2. The van der Waals surface area contributed by atoms with E-state index in [1.807, 2.05) is 30.3 Å². The normalized spacial score (nSPS) is 14.5. The first kappa shape index (κ1) is 54.2. The van der Waals surface area contributed by atoms with E-state index in [1.165, 1.54) is 35.4 Å². The van der Waals surface area contributed by atoms with Crippen LogP contribution in [0.3, 0.4) is 0 Å². The van der Waals surface area contributed by atoms with Gasteiger partial charge >= 0.3 is 0 Å². The highest BCUT2D eigenvalue weighted by Gasteiger charge is 2.31. The predicted octanol–water partition coefficient (Wildman–Crippen LogP) is 1.42. The SMILES string of the molecule is C#CCOCCOCCOCCOCCN1CCN(CCCN(CCCNC(=O)c2ncn(-c3ncc(OC)c4c(C(=O)C(=O)N5CCC(=C(C#N)c6ccccc6)CC5)c[nH]c34)n2)C(CO)CO)CC1. The minimum absolute atomic E-state index is 0.0966. The number of nitrogens with zero attached hydrogens (tertiary/aromatic N) is 9. The standard InChI is InChI=1S/C50H67N11O10/c1-3-24-68-26-28-70-30-31-71-29-27-69-25-23-58-21-19-57(20-22-58)14-8-16-59(40(35-62)36-63)15-7-13-52-49(65)47-55-37-61(56-47)48-45-44(43(67-2)34-54-48)42(33-53-45)46(64)50(66)60-17-11-39(12-18-60)41(32-51)38-9-5-4-6-10-38/h1,4-6,9-10,33-34,37,40,53,62-63H,7-8,11-31,35-36H2,2H3,(H,52,65). The highest BCUT2D eigenvalue weighted by molar-refractivity contribution is 6.45. The minimum Gasteiger partial charge on any atom is -0.494 e. The molecule has 4 N–H and O–H groups in total. The van der Waals surface area contributed by atoms with Crippen molar-refractivity contribution < 1.29 is 48.3 Å². The lowest BCUT2D eigenvalue weighted by Gasteiger charge is -2.35. The number of benzene rings is 1. The fourth-order valence-corrected chi connectivity index (χ4v) is 8.57. The summed E-state index contributed by atoms with van der Waals surface area (Å²) in [5.41, 5.74) is 2.82. The number of hydrogen-bond donors (Lipinski definition) is 4. The van der Waals surface area contributed by atoms with Gasteiger partial charge in [0.05, 0.1) is 107 Å². The Bertz CT molecular complexity index is 2410. The molecule has 0 radical (unpaired) electrons. The zero-order valence-electron chi connectivity index (χ0n) is 40.6. The van der Waals surface area contributed by atoms with E-state index in [-0.39, 0.29) is 42.8 Å². The number of H-pyrrole nitrogens is 1. The maximum absolute atomic E-state index is 13.8. The first-order chi connectivity index (χ1) is 34.8. The van der Waals surface area contributed by atoms with Crippen molar-refractivity contribution in [2.24, 2.45) is 0 Å². The number of carbonyl (C=O) groups excluding carboxylic acids is 3. The Balaban J connectivity index is 0.912. The van der Waals surface area contributed by atoms with Gasteiger partial charge in [0.25, 0.3) is 17.6 Å². The minimum atomic E-state index is -0.727. The van der Waals surface area contributed by atoms with Crippen LogP contribution in [0.5, 0.6) is 5.75 Å². The topological polar surface area (TPSA) is 246 Å². The number of likely N-dealkylation sites (tertiary alicyclic amines) is 1. The van der Waals surface area contributed by atoms with Crippen LogP contribution < -0.4 is 10.1 Å². The van der Waals surface area contributed by atoms with Gasteiger partial charge in [-0.1, -0.05) is 36.3 Å². The van der Waals surface area contributed by atoms with Crippen LogP contribution in [0.2, 0.25) is 0 Å². The van der Waals surface area contributed by atoms with Crippen molar-refractivity contribution in [1.82, 2.24) is 49.6 Å². The van der Waals surface area contributed by atoms with Crippen LogP contribution in [-0.4, -0.2) is 223 Å². The van der Waals surface area contributed by atoms with Gasteiger partial charge in [-0.15, -0.1) is 11.5 Å². The van der Waals surface area contributed by atoms with E-state index in [0.717, 1.165) is 56.8 Å². The average molecular weight is 982 g/mol. The quantitative estimate of drug-likeness (QED) is 0.0190. The van der Waals surface area contributed by atoms with Crippen LogP contribution in [-0.2, 0) is 23.7 Å². The summed E-state index contributed by atoms with van der Waals surface area (Å²) in [5, 5.41) is 37.5. The van der Waals surface area contributed by atoms with Crippen LogP contribution in [0.4, 0.5) is 0 Å². The summed E-state index contributed by atoms with van der Waals surface area (Å²) < 4.78 is 28.7. The number of Topliss-reactive ketones (excluding diaryl/α,β-unsaturated/α-hetero) is 1. The van der Waals surface area contributed by atoms with E-state index >= 15 is 0 Å². The Morgan fingerprint density at radius 1 is 0.873 bits per heavy atom. The van der Waals surface area contributed by atoms with E-state index in [9.17, 15) is 29.9 Å². The van der Waals surface area contributed by atoms with Crippen molar-refractivity contribution in [2.75, 3.05) is 145 Å². The van der Waals surface area contributed by atoms with Gasteiger partial charge in [-0.05, 0) is 49.9 Å². The van der Waals surface area contributed by atoms with Gasteiger partial charge < -0.3 is 54.0 Å². The molecule has 0 unspecified atom stereocenters. The van der Waals surface area contributed by atoms with Crippen molar-refractivity contribution in [1.29, 1.82) is 5.26 Å². The van der Waals surface area contributed by atoms with E-state index in [2.05, 4.69) is 52.1 Å². The van der Waals surface area contributed by atoms with Crippen molar-refractivity contribution in [2.45, 2.75) is 31.7 Å². The summed E-state index contributed by atoms with van der Waals surface area (Å²) in [5.74, 6) is 0.899. The molecule has 1 aromatic carbocycles. The molecular weight excluding hydrogens is 915 g/mol. The number of piperazine rings is 1. The molecule has 71 heavy (non-hydrogen) atoms. The number of fused-ring (bicyclic) bond motifs is 1. The second kappa shape index (κ2) is 29.3. The Kier molecular flexibility index (Phi) is 22.4. The molecule has 382 valence electrons. The van der Waals surface area contributed by atoms with Gasteiger partial charge in [0.2, 0.25) is 5.82 Å². The smallest absolute Gasteiger partial charge is 0.295 e. The summed E-state index contributed by atoms with van der Waals surface area (Å²) in [6.07, 6.45) is 11.7. The van der Waals surface area contributed by atoms with E-state index in [4.69, 9.17) is 30.1 Å². The molecule has 0 bridgehead atoms. The van der Waals surface area contributed by atoms with Crippen molar-refractivity contribution in [3.8, 4) is 30.0 Å². The molecule has 0 saturated carbocycles. The molecule has 4 aromatic rings. The number of aliphatic hydroxyl groups is 2. The Morgan fingerprint density at radius 3 is 2.17 bits per heavy atom. The number of aliphatic hydroxyl groups excluding tert-OH is 2. The monoisotopic (exact) mass is 982 g/mol. The maximum Gasteiger partial charge on any atom is 0.295 e. The summed E-state index contributed by atoms with van der Waals surface area (Å²) in [6.45, 7) is 11.2. The number of methoxy groups -OCH3 is 1. The number of piperidine rings is 1. The molecule has 2 fully saturated rings. The highest BCUT2D eigenvalue weighted by Crippen LogP contribution is 2.33. The number of ether oxygens (including phenoxy) is 5. The molecule has 2 amide bonds. The molecule has 0 atom stereocenters. The first-order valence-corrected chi connectivity index (χ1v) is 24.2. The van der Waals surface area contributed by atoms with Crippen LogP contribution in [0, 0.1) is 23.7 Å². The number of terminal acetylenes is 1. The van der Waals surface area contributed by atoms with Crippen LogP contribution >= 0.6 is 0 Å². The third kappa shape index (κ3) is 15.7. The number of aromatic nitrogens is 5. The van der Waals surface area contributed by atoms with Gasteiger partial charge in [-0.3, -0.25) is 24.2 Å². The number of nitriles is 1. The second-order valence-corrected chi connectivity index (χ2v) is 17.0. The van der Waals surface area contributed by atoms with Crippen LogP contribution in [0.25, 0.3) is 22.3 Å². The average Bonchev–Trinajstić information content (AvgIpc) is 4.09. The number of hydrogen-bond acceptors (Lipinski definition) is 17. The number of nitrogens with one attached hydrogen (secondary N) is 2. The number of carbonyl (C=O) groups is 3. The number of rotatable bonds is 30. The molecule has 3 aromatic heterocycles. The molecule has 2 saturated heterocycles. The van der Waals surface area contributed by atoms with Gasteiger partial charge in [-0.2, -0.15) is 9.94 Å². The maximum atomic E-state index is 13.8. The summed E-state index contributed by atoms with van der Waals surface area (Å²) >= 11 is 0. The summed E-state index contributed by atoms with van der Waals surface area (Å²) in [4.78, 5) is 60.8. The van der Waals surface area contributed by atoms with E-state index in [0.29, 0.717) is 115 Å². The zero-order chi connectivity index (χ0) is 50.2. The molecule has 21 nitrogen and oxygen atoms in total. The van der Waals surface area contributed by atoms with Gasteiger partial charge in [0.1, 0.15) is 18.7 Å². The van der Waals surface area contributed by atoms with Crippen molar-refractivity contribution >= 4 is 34.1 Å². The van der Waals surface area contributed by atoms with E-state index < -0.39 is 23.6 Å². The van der Waals surface area contributed by atoms with Gasteiger partial charge in [0.15, 0.2) is 5.82 Å². The number of pyridine rings is 1. The fourth-order valence-electron chi connectivity index (χ4n) is 8.57. The van der Waals surface area contributed by atoms with Gasteiger partial charge in [-0.25, -0.2) is 9.97 Å². The summed E-state index contributed by atoms with van der Waals surface area (Å²) in [7, 11) is 1.44. The van der Waals surface area contributed by atoms with Crippen molar-refractivity contribution in [3.63, 3.8) is 0 Å². The van der Waals surface area contributed by atoms with Crippen LogP contribution in [0.15, 0.2) is 54.6 Å². The molecule has 2 aliphatic rings. The third-order valence-corrected chi connectivity index (χ3v) is 12.5. The third-order valence-electron chi connectivity index (χ3n) is 12.5. The molecule has 0 spiro atoms. The predicted molar refractivity (Wildman–Crippen MR) is 263 cm³/mol. The molecule has 2 aliphatic heterocycles. The van der Waals surface area contributed by atoms with E-state index in [1.54, 1.807) is 0 Å². The summed E-state index contributed by atoms with van der Waals surface area (Å²) in [6, 6.07) is 11.3. The fraction of sp³-hybridized carbons (Fsp3) is 0.540.